The largest absolute Gasteiger partial charge is 0.525 e. The van der Waals surface area contributed by atoms with Gasteiger partial charge >= 0.3 is 0 Å². The molecule has 9 heteroatoms. The van der Waals surface area contributed by atoms with Crippen LogP contribution in [0.25, 0.3) is 0 Å². The molecule has 0 fully saturated rings. The van der Waals surface area contributed by atoms with Gasteiger partial charge in [-0.2, -0.15) is 0 Å². The molecule has 0 unspecified atom stereocenters. The molecule has 0 spiro atoms. The Bertz CT molecular complexity index is 387. The van der Waals surface area contributed by atoms with Crippen LogP contribution in [0.5, 0.6) is 0 Å². The monoisotopic (exact) mass is 422 g/mol. The molecule has 0 atom stereocenters. The van der Waals surface area contributed by atoms with E-state index in [1.54, 1.807) is 0 Å². The maximum Gasteiger partial charge on any atom is 0.294 e. The molecule has 0 rings (SSSR count). The Hall–Kier alpha value is -0.232. The molecule has 148 valence electrons. The fourth-order valence-corrected chi connectivity index (χ4v) is 18.6. The Morgan fingerprint density at radius 1 is 0.760 bits per heavy atom. The molecule has 0 bridgehead atoms. The minimum atomic E-state index is -1.72. The molecule has 0 heterocycles. The summed E-state index contributed by atoms with van der Waals surface area (Å²) in [5.41, 5.74) is 0. The molecule has 25 heavy (non-hydrogen) atoms. The maximum atomic E-state index is 11.5. The Morgan fingerprint density at radius 2 is 1.08 bits per heavy atom. The molecule has 0 aliphatic rings. The van der Waals surface area contributed by atoms with E-state index >= 15 is 0 Å². The average molecular weight is 423 g/mol. The fourth-order valence-electron chi connectivity index (χ4n) is 2.52. The highest BCUT2D eigenvalue weighted by Gasteiger charge is 2.32. The third-order valence-corrected chi connectivity index (χ3v) is 15.0. The first kappa shape index (κ1) is 24.8. The molecule has 0 aromatic rings. The van der Waals surface area contributed by atoms with Crippen LogP contribution in [0.3, 0.4) is 0 Å². The van der Waals surface area contributed by atoms with Crippen LogP contribution in [0.2, 0.25) is 50.4 Å². The quantitative estimate of drug-likeness (QED) is 0.357. The lowest BCUT2D eigenvalue weighted by atomic mass is 10.2. The van der Waals surface area contributed by atoms with Crippen LogP contribution < -0.4 is 0 Å². The highest BCUT2D eigenvalue weighted by molar-refractivity contribution is 6.85. The Labute approximate surface area is 160 Å². The number of carbonyl (C=O) groups excluding carboxylic acids is 2. The number of hydrogen-bond acceptors (Lipinski definition) is 5. The number of rotatable bonds is 12. The molecule has 0 aliphatic carbocycles. The molecule has 0 aromatic carbocycles. The number of hydrogen-bond donors (Lipinski definition) is 0. The topological polar surface area (TPSA) is 61.8 Å². The van der Waals surface area contributed by atoms with Gasteiger partial charge in [-0.15, -0.1) is 0 Å². The fraction of sp³-hybridized carbons (Fsp3) is 0.875. The molecular formula is C16H38O5Si4. The van der Waals surface area contributed by atoms with Gasteiger partial charge in [0.15, 0.2) is 16.6 Å². The second-order valence-corrected chi connectivity index (χ2v) is 20.1. The van der Waals surface area contributed by atoms with Gasteiger partial charge < -0.3 is 13.0 Å². The lowest BCUT2D eigenvalue weighted by molar-refractivity contribution is -0.138. The van der Waals surface area contributed by atoms with Crippen molar-refractivity contribution in [3.63, 3.8) is 0 Å². The predicted octanol–water partition coefficient (Wildman–Crippen LogP) is 2.82. The summed E-state index contributed by atoms with van der Waals surface area (Å²) >= 11 is 0. The smallest absolute Gasteiger partial charge is 0.294 e. The van der Waals surface area contributed by atoms with Crippen LogP contribution >= 0.6 is 0 Å². The van der Waals surface area contributed by atoms with Gasteiger partial charge in [0.25, 0.3) is 11.9 Å². The molecule has 0 N–H and O–H groups in total. The predicted molar refractivity (Wildman–Crippen MR) is 114 cm³/mol. The maximum absolute atomic E-state index is 11.5. The highest BCUT2D eigenvalue weighted by atomic mass is 28.4. The minimum absolute atomic E-state index is 0.0330. The van der Waals surface area contributed by atoms with Crippen LogP contribution in [-0.2, 0) is 22.6 Å². The van der Waals surface area contributed by atoms with Gasteiger partial charge in [-0.1, -0.05) is 27.7 Å². The second kappa shape index (κ2) is 11.5. The van der Waals surface area contributed by atoms with Crippen molar-refractivity contribution in [2.24, 2.45) is 11.8 Å². The van der Waals surface area contributed by atoms with Crippen molar-refractivity contribution in [1.82, 2.24) is 0 Å². The molecular weight excluding hydrogens is 385 g/mol. The van der Waals surface area contributed by atoms with Crippen LogP contribution in [-0.4, -0.2) is 48.1 Å². The van der Waals surface area contributed by atoms with Gasteiger partial charge in [-0.25, -0.2) is 0 Å². The van der Waals surface area contributed by atoms with Crippen molar-refractivity contribution in [2.75, 3.05) is 0 Å². The van der Waals surface area contributed by atoms with Gasteiger partial charge in [-0.3, -0.25) is 9.59 Å². The number of carbonyl (C=O) groups is 2. The molecule has 0 amide bonds. The van der Waals surface area contributed by atoms with Gasteiger partial charge in [0.05, 0.1) is 0 Å². The van der Waals surface area contributed by atoms with E-state index in [4.69, 9.17) is 13.0 Å². The Morgan fingerprint density at radius 3 is 1.36 bits per heavy atom. The van der Waals surface area contributed by atoms with Crippen LogP contribution in [0.1, 0.15) is 27.7 Å². The summed E-state index contributed by atoms with van der Waals surface area (Å²) in [5.74, 6) is -0.200. The van der Waals surface area contributed by atoms with E-state index in [9.17, 15) is 9.59 Å². The van der Waals surface area contributed by atoms with E-state index in [-0.39, 0.29) is 23.8 Å². The van der Waals surface area contributed by atoms with Crippen molar-refractivity contribution in [1.29, 1.82) is 0 Å². The van der Waals surface area contributed by atoms with Crippen molar-refractivity contribution >= 4 is 48.1 Å². The van der Waals surface area contributed by atoms with Gasteiger partial charge in [0, 0.05) is 11.8 Å². The van der Waals surface area contributed by atoms with E-state index < -0.39 is 36.2 Å². The van der Waals surface area contributed by atoms with Crippen LogP contribution in [0.4, 0.5) is 0 Å². The zero-order valence-corrected chi connectivity index (χ0v) is 22.3. The summed E-state index contributed by atoms with van der Waals surface area (Å²) in [4.78, 5) is 23.0. The molecule has 0 saturated heterocycles. The summed E-state index contributed by atoms with van der Waals surface area (Å²) in [6.45, 7) is 16.5. The SMILES string of the molecule is CC(C)C(=O)O[SiH2]CC[Si](C)(C)O[Si](C)(C)CC[SiH2]OC(=O)C(C)C. The first-order valence-corrected chi connectivity index (χ1v) is 18.8. The third kappa shape index (κ3) is 12.7. The van der Waals surface area contributed by atoms with E-state index in [1.165, 1.54) is 0 Å². The summed E-state index contributed by atoms with van der Waals surface area (Å²) in [7, 11) is -5.01. The normalized spacial score (nSPS) is 13.5. The van der Waals surface area contributed by atoms with Gasteiger partial charge in [-0.05, 0) is 50.4 Å². The first-order valence-electron chi connectivity index (χ1n) is 9.40. The highest BCUT2D eigenvalue weighted by Crippen LogP contribution is 2.24. The lowest BCUT2D eigenvalue weighted by Crippen LogP contribution is -2.44. The average Bonchev–Trinajstić information content (AvgIpc) is 2.46. The molecule has 0 radical (unpaired) electrons. The summed E-state index contributed by atoms with van der Waals surface area (Å²) < 4.78 is 17.3. The Balaban J connectivity index is 4.10. The zero-order valence-electron chi connectivity index (χ0n) is 17.4. The van der Waals surface area contributed by atoms with E-state index in [0.29, 0.717) is 0 Å². The molecule has 0 aliphatic heterocycles. The van der Waals surface area contributed by atoms with Gasteiger partial charge in [0.2, 0.25) is 19.5 Å². The minimum Gasteiger partial charge on any atom is -0.525 e. The third-order valence-electron chi connectivity index (χ3n) is 3.83. The summed E-state index contributed by atoms with van der Waals surface area (Å²) in [6, 6.07) is 4.12. The zero-order chi connectivity index (χ0) is 19.7. The molecule has 0 aromatic heterocycles. The van der Waals surface area contributed by atoms with E-state index in [1.807, 2.05) is 27.7 Å². The van der Waals surface area contributed by atoms with Crippen molar-refractivity contribution < 1.29 is 22.6 Å². The second-order valence-electron chi connectivity index (χ2n) is 8.47. The summed E-state index contributed by atoms with van der Waals surface area (Å²) in [5, 5.41) is 0. The van der Waals surface area contributed by atoms with Gasteiger partial charge in [0.1, 0.15) is 0 Å². The van der Waals surface area contributed by atoms with Crippen LogP contribution in [0.15, 0.2) is 0 Å². The Kier molecular flexibility index (Phi) is 11.4. The molecule has 5 nitrogen and oxygen atoms in total. The first-order chi connectivity index (χ1) is 11.4. The lowest BCUT2D eigenvalue weighted by Gasteiger charge is -2.34. The van der Waals surface area contributed by atoms with E-state index in [0.717, 1.165) is 24.2 Å². The molecule has 0 saturated carbocycles. The van der Waals surface area contributed by atoms with Crippen molar-refractivity contribution in [2.45, 2.75) is 78.1 Å². The van der Waals surface area contributed by atoms with E-state index in [2.05, 4.69) is 26.2 Å². The van der Waals surface area contributed by atoms with Crippen LogP contribution in [0, 0.1) is 11.8 Å². The standard InChI is InChI=1S/C16H38O5Si4/c1-13(2)15(17)19-22-9-11-24(5,6)21-25(7,8)12-10-23-20-16(18)14(3)4/h13-14H,9-12,22-23H2,1-8H3. The van der Waals surface area contributed by atoms with Crippen molar-refractivity contribution in [3.8, 4) is 0 Å². The summed E-state index contributed by atoms with van der Waals surface area (Å²) in [6.07, 6.45) is 0. The van der Waals surface area contributed by atoms with Crippen molar-refractivity contribution in [3.05, 3.63) is 0 Å².